The summed E-state index contributed by atoms with van der Waals surface area (Å²) in [6.07, 6.45) is 1.87. The third-order valence-electron chi connectivity index (χ3n) is 5.15. The van der Waals surface area contributed by atoms with E-state index in [0.717, 1.165) is 46.9 Å². The highest BCUT2D eigenvalue weighted by Gasteiger charge is 2.16. The summed E-state index contributed by atoms with van der Waals surface area (Å²) in [5.74, 6) is 2.77. The molecule has 0 aliphatic heterocycles. The van der Waals surface area contributed by atoms with Gasteiger partial charge >= 0.3 is 0 Å². The molecule has 0 spiro atoms. The Morgan fingerprint density at radius 2 is 1.71 bits per heavy atom. The lowest BCUT2D eigenvalue weighted by Crippen LogP contribution is -2.15. The fraction of sp³-hybridized carbons (Fsp3) is 0.333. The Balaban J connectivity index is 1.55. The Kier molecular flexibility index (Phi) is 7.54. The first kappa shape index (κ1) is 22.2. The summed E-state index contributed by atoms with van der Waals surface area (Å²) in [5.41, 5.74) is 3.05. The van der Waals surface area contributed by atoms with E-state index in [1.54, 1.807) is 21.3 Å². The minimum absolute atomic E-state index is 0.0256. The van der Waals surface area contributed by atoms with E-state index >= 15 is 0 Å². The first-order valence-electron chi connectivity index (χ1n) is 10.2. The van der Waals surface area contributed by atoms with Crippen LogP contribution >= 0.6 is 0 Å². The second kappa shape index (κ2) is 10.5. The van der Waals surface area contributed by atoms with Gasteiger partial charge in [-0.05, 0) is 48.1 Å². The van der Waals surface area contributed by atoms with E-state index in [2.05, 4.69) is 15.5 Å². The fourth-order valence-electron chi connectivity index (χ4n) is 3.50. The van der Waals surface area contributed by atoms with Crippen LogP contribution in [0.1, 0.15) is 36.1 Å². The number of para-hydroxylation sites is 1. The Morgan fingerprint density at radius 1 is 1.00 bits per heavy atom. The molecule has 0 fully saturated rings. The van der Waals surface area contributed by atoms with Gasteiger partial charge in [-0.15, -0.1) is 0 Å². The Hall–Kier alpha value is -3.48. The summed E-state index contributed by atoms with van der Waals surface area (Å²) in [6, 6.07) is 15.4. The van der Waals surface area contributed by atoms with Gasteiger partial charge in [0.25, 0.3) is 0 Å². The zero-order chi connectivity index (χ0) is 22.2. The molecule has 1 unspecified atom stereocenters. The van der Waals surface area contributed by atoms with Crippen molar-refractivity contribution >= 4 is 11.7 Å². The van der Waals surface area contributed by atoms with E-state index in [9.17, 15) is 4.79 Å². The number of rotatable bonds is 10. The lowest BCUT2D eigenvalue weighted by molar-refractivity contribution is -0.116. The van der Waals surface area contributed by atoms with Crippen molar-refractivity contribution in [2.45, 2.75) is 32.1 Å². The van der Waals surface area contributed by atoms with Crippen LogP contribution in [0, 0.1) is 0 Å². The number of nitrogens with one attached hydrogen (secondary N) is 2. The summed E-state index contributed by atoms with van der Waals surface area (Å²) in [5, 5.41) is 10.1. The molecule has 0 saturated heterocycles. The van der Waals surface area contributed by atoms with Crippen LogP contribution in [0.4, 0.5) is 5.82 Å². The summed E-state index contributed by atoms with van der Waals surface area (Å²) >= 11 is 0. The van der Waals surface area contributed by atoms with Crippen molar-refractivity contribution in [2.24, 2.45) is 0 Å². The van der Waals surface area contributed by atoms with Crippen molar-refractivity contribution in [3.63, 3.8) is 0 Å². The molecule has 0 aliphatic rings. The molecule has 3 aromatic rings. The van der Waals surface area contributed by atoms with Crippen LogP contribution in [0.2, 0.25) is 0 Å². The fourth-order valence-corrected chi connectivity index (χ4v) is 3.50. The van der Waals surface area contributed by atoms with E-state index in [4.69, 9.17) is 14.2 Å². The number of carbonyl (C=O) groups is 1. The number of carbonyl (C=O) groups excluding carboxylic acids is 1. The molecule has 2 aromatic carbocycles. The molecule has 0 radical (unpaired) electrons. The number of aryl methyl sites for hydroxylation is 2. The van der Waals surface area contributed by atoms with E-state index in [1.807, 2.05) is 55.5 Å². The molecule has 1 amide bonds. The highest BCUT2D eigenvalue weighted by atomic mass is 16.5. The predicted octanol–water partition coefficient (Wildman–Crippen LogP) is 4.35. The van der Waals surface area contributed by atoms with Gasteiger partial charge < -0.3 is 19.5 Å². The Morgan fingerprint density at radius 3 is 2.39 bits per heavy atom. The number of H-pyrrole nitrogens is 1. The molecular formula is C24H29N3O4. The number of aromatic nitrogens is 2. The van der Waals surface area contributed by atoms with Crippen molar-refractivity contribution in [2.75, 3.05) is 26.6 Å². The molecule has 7 nitrogen and oxygen atoms in total. The molecule has 164 valence electrons. The highest BCUT2D eigenvalue weighted by molar-refractivity contribution is 5.90. The zero-order valence-corrected chi connectivity index (χ0v) is 18.4. The minimum Gasteiger partial charge on any atom is -0.497 e. The van der Waals surface area contributed by atoms with E-state index in [-0.39, 0.29) is 11.8 Å². The Labute approximate surface area is 182 Å². The lowest BCUT2D eigenvalue weighted by atomic mass is 9.96. The number of amides is 1. The van der Waals surface area contributed by atoms with Gasteiger partial charge in [-0.25, -0.2) is 0 Å². The number of nitrogens with zero attached hydrogens (tertiary/aromatic N) is 1. The van der Waals surface area contributed by atoms with Gasteiger partial charge in [0.1, 0.15) is 17.2 Å². The van der Waals surface area contributed by atoms with Crippen LogP contribution < -0.4 is 19.5 Å². The van der Waals surface area contributed by atoms with E-state index < -0.39 is 0 Å². The molecule has 3 rings (SSSR count). The second-order valence-electron chi connectivity index (χ2n) is 7.39. The molecule has 0 aliphatic carbocycles. The normalized spacial score (nSPS) is 11.6. The smallest absolute Gasteiger partial charge is 0.226 e. The summed E-state index contributed by atoms with van der Waals surface area (Å²) < 4.78 is 16.0. The third-order valence-corrected chi connectivity index (χ3v) is 5.15. The van der Waals surface area contributed by atoms with Crippen LogP contribution in [-0.4, -0.2) is 37.4 Å². The predicted molar refractivity (Wildman–Crippen MR) is 120 cm³/mol. The van der Waals surface area contributed by atoms with Gasteiger partial charge in [-0.3, -0.25) is 9.89 Å². The van der Waals surface area contributed by atoms with E-state index in [1.165, 1.54) is 0 Å². The van der Waals surface area contributed by atoms with Crippen molar-refractivity contribution < 1.29 is 19.0 Å². The summed E-state index contributed by atoms with van der Waals surface area (Å²) in [4.78, 5) is 12.5. The largest absolute Gasteiger partial charge is 0.497 e. The quantitative estimate of drug-likeness (QED) is 0.506. The third kappa shape index (κ3) is 6.01. The second-order valence-corrected chi connectivity index (χ2v) is 7.39. The first-order valence-corrected chi connectivity index (χ1v) is 10.2. The van der Waals surface area contributed by atoms with Gasteiger partial charge in [-0.2, -0.15) is 5.10 Å². The maximum Gasteiger partial charge on any atom is 0.226 e. The van der Waals surface area contributed by atoms with Crippen molar-refractivity contribution in [3.8, 4) is 17.2 Å². The van der Waals surface area contributed by atoms with Gasteiger partial charge in [-0.1, -0.05) is 25.1 Å². The molecule has 1 atom stereocenters. The highest BCUT2D eigenvalue weighted by Crippen LogP contribution is 2.28. The van der Waals surface area contributed by atoms with Gasteiger partial charge in [0.2, 0.25) is 5.91 Å². The number of aromatic amines is 1. The maximum atomic E-state index is 12.5. The average molecular weight is 424 g/mol. The van der Waals surface area contributed by atoms with Gasteiger partial charge in [0.15, 0.2) is 5.82 Å². The summed E-state index contributed by atoms with van der Waals surface area (Å²) in [6.45, 7) is 2.01. The number of hydrogen-bond donors (Lipinski definition) is 2. The molecule has 1 heterocycles. The molecule has 31 heavy (non-hydrogen) atoms. The molecule has 7 heteroatoms. The molecule has 2 N–H and O–H groups in total. The van der Waals surface area contributed by atoms with Crippen molar-refractivity contribution in [3.05, 3.63) is 65.4 Å². The number of ether oxygens (including phenoxy) is 3. The minimum atomic E-state index is -0.0889. The zero-order valence-electron chi connectivity index (χ0n) is 18.4. The Bertz CT molecular complexity index is 993. The number of anilines is 1. The molecule has 0 saturated carbocycles. The molecular weight excluding hydrogens is 394 g/mol. The topological polar surface area (TPSA) is 85.5 Å². The van der Waals surface area contributed by atoms with Crippen LogP contribution in [0.3, 0.4) is 0 Å². The number of hydrogen-bond acceptors (Lipinski definition) is 5. The van der Waals surface area contributed by atoms with Gasteiger partial charge in [0.05, 0.1) is 21.3 Å². The van der Waals surface area contributed by atoms with Crippen molar-refractivity contribution in [1.29, 1.82) is 0 Å². The van der Waals surface area contributed by atoms with Gasteiger partial charge in [0, 0.05) is 24.2 Å². The number of methoxy groups -OCH3 is 3. The molecule has 1 aromatic heterocycles. The maximum absolute atomic E-state index is 12.5. The van der Waals surface area contributed by atoms with Crippen LogP contribution in [0.25, 0.3) is 0 Å². The van der Waals surface area contributed by atoms with E-state index in [0.29, 0.717) is 12.2 Å². The molecule has 0 bridgehead atoms. The SMILES string of the molecule is COc1cc(CCc2cc(NC(=O)CC(C)c3ccccc3OC)n[nH]2)cc(OC)c1. The van der Waals surface area contributed by atoms with Crippen LogP contribution in [-0.2, 0) is 17.6 Å². The lowest BCUT2D eigenvalue weighted by Gasteiger charge is -2.14. The average Bonchev–Trinajstić information content (AvgIpc) is 3.24. The first-order chi connectivity index (χ1) is 15.0. The van der Waals surface area contributed by atoms with Crippen LogP contribution in [0.5, 0.6) is 17.2 Å². The summed E-state index contributed by atoms with van der Waals surface area (Å²) in [7, 11) is 4.91. The van der Waals surface area contributed by atoms with Crippen LogP contribution in [0.15, 0.2) is 48.5 Å². The van der Waals surface area contributed by atoms with Crippen molar-refractivity contribution in [1.82, 2.24) is 10.2 Å². The number of benzene rings is 2. The standard InChI is InChI=1S/C24H29N3O4/c1-16(21-7-5-6-8-22(21)31-4)11-24(28)25-23-14-18(26-27-23)10-9-17-12-19(29-2)15-20(13-17)30-3/h5-8,12-16H,9-11H2,1-4H3,(H2,25,26,27,28). The monoisotopic (exact) mass is 423 g/mol.